The Morgan fingerprint density at radius 1 is 1.25 bits per heavy atom. The number of halogens is 2. The largest absolute Gasteiger partial charge is 0.475 e. The number of ether oxygens (including phenoxy) is 1. The lowest BCUT2D eigenvalue weighted by molar-refractivity contribution is 0.315. The number of rotatable bonds is 3. The van der Waals surface area contributed by atoms with E-state index in [1.165, 1.54) is 11.1 Å². The summed E-state index contributed by atoms with van der Waals surface area (Å²) in [6, 6.07) is 10.8. The maximum Gasteiger partial charge on any atom is 0.216 e. The molecule has 0 saturated heterocycles. The Morgan fingerprint density at radius 2 is 1.95 bits per heavy atom. The fourth-order valence-corrected chi connectivity index (χ4v) is 4.98. The molecule has 5 heteroatoms. The first-order valence-electron chi connectivity index (χ1n) is 6.43. The van der Waals surface area contributed by atoms with Crippen molar-refractivity contribution in [3.8, 4) is 11.1 Å². The van der Waals surface area contributed by atoms with Crippen molar-refractivity contribution in [1.82, 2.24) is 0 Å². The monoisotopic (exact) mass is 413 g/mol. The summed E-state index contributed by atoms with van der Waals surface area (Å²) in [7, 11) is 0. The zero-order chi connectivity index (χ0) is 14.1. The van der Waals surface area contributed by atoms with Crippen LogP contribution in [0.5, 0.6) is 0 Å². The van der Waals surface area contributed by atoms with Gasteiger partial charge in [0, 0.05) is 11.1 Å². The number of nitrogens with zero attached hydrogens (tertiary/aromatic N) is 1. The number of hydrogen-bond acceptors (Lipinski definition) is 3. The molecule has 0 N–H and O–H groups in total. The van der Waals surface area contributed by atoms with Gasteiger partial charge in [0.15, 0.2) is 0 Å². The van der Waals surface area contributed by atoms with E-state index in [-0.39, 0.29) is 0 Å². The van der Waals surface area contributed by atoms with Gasteiger partial charge in [0.2, 0.25) is 5.90 Å². The summed E-state index contributed by atoms with van der Waals surface area (Å²) in [6.07, 6.45) is 1.03. The molecule has 0 saturated carbocycles. The quantitative estimate of drug-likeness (QED) is 0.650. The summed E-state index contributed by atoms with van der Waals surface area (Å²) in [5, 5.41) is 0. The third-order valence-corrected chi connectivity index (χ3v) is 5.62. The molecule has 104 valence electrons. The van der Waals surface area contributed by atoms with Crippen molar-refractivity contribution < 1.29 is 4.74 Å². The molecule has 2 nitrogen and oxygen atoms in total. The molecule has 1 aliphatic rings. The number of aliphatic imine (C=N–C) groups is 1. The Morgan fingerprint density at radius 3 is 2.50 bits per heavy atom. The van der Waals surface area contributed by atoms with Crippen molar-refractivity contribution in [2.24, 2.45) is 4.99 Å². The molecule has 0 spiro atoms. The van der Waals surface area contributed by atoms with E-state index in [1.807, 2.05) is 0 Å². The van der Waals surface area contributed by atoms with Crippen LogP contribution in [0.1, 0.15) is 18.9 Å². The third-order valence-electron chi connectivity index (χ3n) is 3.28. The van der Waals surface area contributed by atoms with E-state index in [0.717, 1.165) is 25.5 Å². The molecule has 3 rings (SSSR count). The van der Waals surface area contributed by atoms with Gasteiger partial charge in [-0.15, -0.1) is 11.3 Å². The van der Waals surface area contributed by atoms with E-state index in [1.54, 1.807) is 11.3 Å². The van der Waals surface area contributed by atoms with Gasteiger partial charge in [0.25, 0.3) is 0 Å². The summed E-state index contributed by atoms with van der Waals surface area (Å²) < 4.78 is 7.91. The SMILES string of the molecule is CC[C@@H]1COC(c2ccc(-c3cc(Br)sc3Br)cc2)=N1. The highest BCUT2D eigenvalue weighted by atomic mass is 79.9. The smallest absolute Gasteiger partial charge is 0.216 e. The molecule has 0 amide bonds. The van der Waals surface area contributed by atoms with E-state index in [2.05, 4.69) is 74.1 Å². The third kappa shape index (κ3) is 2.85. The van der Waals surface area contributed by atoms with Crippen molar-refractivity contribution in [3.05, 3.63) is 43.5 Å². The topological polar surface area (TPSA) is 21.6 Å². The first kappa shape index (κ1) is 14.3. The molecule has 0 bridgehead atoms. The number of benzene rings is 1. The lowest BCUT2D eigenvalue weighted by Crippen LogP contribution is -2.03. The predicted octanol–water partition coefficient (Wildman–Crippen LogP) is 5.50. The molecule has 1 aromatic carbocycles. The van der Waals surface area contributed by atoms with Gasteiger partial charge in [-0.3, -0.25) is 0 Å². The molecule has 0 fully saturated rings. The Hall–Kier alpha value is -0.650. The molecule has 0 unspecified atom stereocenters. The molecular formula is C15H13Br2NOS. The van der Waals surface area contributed by atoms with Crippen LogP contribution in [0.15, 0.2) is 42.9 Å². The van der Waals surface area contributed by atoms with E-state index >= 15 is 0 Å². The van der Waals surface area contributed by atoms with E-state index < -0.39 is 0 Å². The molecule has 1 aliphatic heterocycles. The molecule has 0 radical (unpaired) electrons. The number of thiophene rings is 1. The Labute approximate surface area is 139 Å². The minimum absolute atomic E-state index is 0.312. The highest BCUT2D eigenvalue weighted by molar-refractivity contribution is 9.12. The second-order valence-corrected chi connectivity index (χ2v) is 8.37. The zero-order valence-electron chi connectivity index (χ0n) is 10.9. The van der Waals surface area contributed by atoms with Gasteiger partial charge in [-0.25, -0.2) is 4.99 Å². The fraction of sp³-hybridized carbons (Fsp3) is 0.267. The average molecular weight is 415 g/mol. The minimum Gasteiger partial charge on any atom is -0.475 e. The normalized spacial score (nSPS) is 17.9. The molecule has 0 aliphatic carbocycles. The second kappa shape index (κ2) is 6.00. The Bertz CT molecular complexity index is 648. The van der Waals surface area contributed by atoms with Crippen molar-refractivity contribution in [1.29, 1.82) is 0 Å². The molecule has 2 aromatic rings. The van der Waals surface area contributed by atoms with Gasteiger partial charge < -0.3 is 4.74 Å². The summed E-state index contributed by atoms with van der Waals surface area (Å²) >= 11 is 8.79. The highest BCUT2D eigenvalue weighted by Crippen LogP contribution is 2.38. The van der Waals surface area contributed by atoms with Gasteiger partial charge in [-0.2, -0.15) is 0 Å². The molecule has 1 aromatic heterocycles. The van der Waals surface area contributed by atoms with Gasteiger partial charge in [0.1, 0.15) is 6.61 Å². The van der Waals surface area contributed by atoms with Crippen molar-refractivity contribution in [2.45, 2.75) is 19.4 Å². The standard InChI is InChI=1S/C15H13Br2NOS/c1-2-11-8-19-15(18-11)10-5-3-9(4-6-10)12-7-13(16)20-14(12)17/h3-7,11H,2,8H2,1H3/t11-/m1/s1. The lowest BCUT2D eigenvalue weighted by atomic mass is 10.1. The van der Waals surface area contributed by atoms with Crippen LogP contribution in [0.25, 0.3) is 11.1 Å². The van der Waals surface area contributed by atoms with E-state index in [9.17, 15) is 0 Å². The van der Waals surface area contributed by atoms with Crippen molar-refractivity contribution >= 4 is 49.1 Å². The molecule has 1 atom stereocenters. The zero-order valence-corrected chi connectivity index (χ0v) is 14.9. The Balaban J connectivity index is 1.87. The average Bonchev–Trinajstić information content (AvgIpc) is 3.05. The molecule has 2 heterocycles. The second-order valence-electron chi connectivity index (χ2n) is 4.62. The van der Waals surface area contributed by atoms with Gasteiger partial charge >= 0.3 is 0 Å². The van der Waals surface area contributed by atoms with Crippen LogP contribution in [0, 0.1) is 0 Å². The van der Waals surface area contributed by atoms with Gasteiger partial charge in [-0.05, 0) is 62.0 Å². The summed E-state index contributed by atoms with van der Waals surface area (Å²) in [4.78, 5) is 4.58. The van der Waals surface area contributed by atoms with Crippen LogP contribution in [-0.4, -0.2) is 18.5 Å². The molecule has 20 heavy (non-hydrogen) atoms. The Kier molecular flexibility index (Phi) is 4.29. The number of hydrogen-bond donors (Lipinski definition) is 0. The molecular weight excluding hydrogens is 402 g/mol. The van der Waals surface area contributed by atoms with Gasteiger partial charge in [-0.1, -0.05) is 19.1 Å². The van der Waals surface area contributed by atoms with Crippen molar-refractivity contribution in [2.75, 3.05) is 6.61 Å². The highest BCUT2D eigenvalue weighted by Gasteiger charge is 2.18. The van der Waals surface area contributed by atoms with E-state index in [4.69, 9.17) is 4.74 Å². The van der Waals surface area contributed by atoms with Crippen LogP contribution in [0.2, 0.25) is 0 Å². The summed E-state index contributed by atoms with van der Waals surface area (Å²) in [5.41, 5.74) is 3.44. The van der Waals surface area contributed by atoms with Crippen LogP contribution in [0.4, 0.5) is 0 Å². The summed E-state index contributed by atoms with van der Waals surface area (Å²) in [5.74, 6) is 0.772. The first-order chi connectivity index (χ1) is 9.67. The fourth-order valence-electron chi connectivity index (χ4n) is 2.11. The summed E-state index contributed by atoms with van der Waals surface area (Å²) in [6.45, 7) is 2.84. The maximum atomic E-state index is 5.65. The van der Waals surface area contributed by atoms with Crippen LogP contribution in [-0.2, 0) is 4.74 Å². The van der Waals surface area contributed by atoms with Crippen molar-refractivity contribution in [3.63, 3.8) is 0 Å². The predicted molar refractivity (Wildman–Crippen MR) is 91.7 cm³/mol. The lowest BCUT2D eigenvalue weighted by Gasteiger charge is -2.03. The minimum atomic E-state index is 0.312. The first-order valence-corrected chi connectivity index (χ1v) is 8.84. The van der Waals surface area contributed by atoms with Gasteiger partial charge in [0.05, 0.1) is 13.6 Å². The van der Waals surface area contributed by atoms with E-state index in [0.29, 0.717) is 12.6 Å². The van der Waals surface area contributed by atoms with Crippen LogP contribution >= 0.6 is 43.2 Å². The van der Waals surface area contributed by atoms with Crippen LogP contribution in [0.3, 0.4) is 0 Å². The maximum absolute atomic E-state index is 5.65. The van der Waals surface area contributed by atoms with Crippen LogP contribution < -0.4 is 0 Å².